The number of aryl methyl sites for hydroxylation is 1. The third-order valence-corrected chi connectivity index (χ3v) is 3.79. The van der Waals surface area contributed by atoms with E-state index in [1.165, 1.54) is 17.5 Å². The Morgan fingerprint density at radius 1 is 1.37 bits per heavy atom. The summed E-state index contributed by atoms with van der Waals surface area (Å²) in [6.07, 6.45) is 1.34. The van der Waals surface area contributed by atoms with Gasteiger partial charge in [-0.2, -0.15) is 0 Å². The van der Waals surface area contributed by atoms with Gasteiger partial charge in [0.25, 0.3) is 5.56 Å². The molecule has 4 nitrogen and oxygen atoms in total. The fraction of sp³-hybridized carbons (Fsp3) is 0.286. The molecule has 1 N–H and O–H groups in total. The molecule has 0 aliphatic heterocycles. The van der Waals surface area contributed by atoms with Gasteiger partial charge in [0.2, 0.25) is 5.88 Å². The monoisotopic (exact) mass is 370 g/mol. The summed E-state index contributed by atoms with van der Waals surface area (Å²) in [7, 11) is 0. The second-order valence-corrected chi connectivity index (χ2v) is 5.70. The van der Waals surface area contributed by atoms with E-state index in [0.29, 0.717) is 21.1 Å². The van der Waals surface area contributed by atoms with Gasteiger partial charge in [0.1, 0.15) is 9.32 Å². The molecule has 0 saturated heterocycles. The number of halogens is 1. The van der Waals surface area contributed by atoms with Crippen LogP contribution in [0.25, 0.3) is 0 Å². The topological polar surface area (TPSA) is 55.0 Å². The average Bonchev–Trinajstić information content (AvgIpc) is 2.34. The van der Waals surface area contributed by atoms with Gasteiger partial charge in [-0.15, -0.1) is 0 Å². The molecule has 0 saturated carbocycles. The van der Waals surface area contributed by atoms with E-state index < -0.39 is 0 Å². The van der Waals surface area contributed by atoms with Crippen molar-refractivity contribution in [3.63, 3.8) is 0 Å². The van der Waals surface area contributed by atoms with Crippen LogP contribution in [0.3, 0.4) is 0 Å². The second kappa shape index (κ2) is 5.73. The first kappa shape index (κ1) is 14.0. The number of rotatable bonds is 3. The number of hydrogen-bond acceptors (Lipinski definition) is 3. The van der Waals surface area contributed by atoms with Crippen molar-refractivity contribution in [1.29, 1.82) is 0 Å². The molecule has 1 heterocycles. The SMILES string of the molecule is Cc1cc(Oc2nc[nH]c(=O)c2I)ccc1C(C)C. The molecular weight excluding hydrogens is 355 g/mol. The number of benzene rings is 1. The first-order valence-electron chi connectivity index (χ1n) is 6.00. The minimum atomic E-state index is -0.193. The molecule has 0 aliphatic rings. The molecule has 1 aromatic carbocycles. The smallest absolute Gasteiger partial charge is 0.268 e. The van der Waals surface area contributed by atoms with Crippen LogP contribution >= 0.6 is 22.6 Å². The molecule has 0 aliphatic carbocycles. The Bertz CT molecular complexity index is 650. The van der Waals surface area contributed by atoms with Crippen LogP contribution in [0, 0.1) is 10.5 Å². The van der Waals surface area contributed by atoms with Crippen LogP contribution < -0.4 is 10.3 Å². The molecule has 0 radical (unpaired) electrons. The van der Waals surface area contributed by atoms with E-state index in [1.54, 1.807) is 0 Å². The molecule has 2 rings (SSSR count). The quantitative estimate of drug-likeness (QED) is 0.841. The highest BCUT2D eigenvalue weighted by Gasteiger charge is 2.09. The van der Waals surface area contributed by atoms with Gasteiger partial charge < -0.3 is 9.72 Å². The Morgan fingerprint density at radius 2 is 2.11 bits per heavy atom. The average molecular weight is 370 g/mol. The highest BCUT2D eigenvalue weighted by Crippen LogP contribution is 2.27. The van der Waals surface area contributed by atoms with Crippen molar-refractivity contribution < 1.29 is 4.74 Å². The highest BCUT2D eigenvalue weighted by atomic mass is 127. The predicted octanol–water partition coefficient (Wildman–Crippen LogP) is 3.60. The van der Waals surface area contributed by atoms with Gasteiger partial charge in [0.15, 0.2) is 0 Å². The summed E-state index contributed by atoms with van der Waals surface area (Å²) in [4.78, 5) is 18.0. The standard InChI is InChI=1S/C14H15IN2O2/c1-8(2)11-5-4-10(6-9(11)3)19-14-12(15)13(18)16-7-17-14/h4-8H,1-3H3,(H,16,17,18). The lowest BCUT2D eigenvalue weighted by Gasteiger charge is -2.12. The number of aromatic amines is 1. The summed E-state index contributed by atoms with van der Waals surface area (Å²) in [5.74, 6) is 1.51. The lowest BCUT2D eigenvalue weighted by molar-refractivity contribution is 0.456. The third kappa shape index (κ3) is 3.15. The number of hydrogen-bond donors (Lipinski definition) is 1. The van der Waals surface area contributed by atoms with Crippen molar-refractivity contribution in [2.45, 2.75) is 26.7 Å². The van der Waals surface area contributed by atoms with Gasteiger partial charge in [-0.05, 0) is 58.7 Å². The molecule has 100 valence electrons. The lowest BCUT2D eigenvalue weighted by Crippen LogP contribution is -2.11. The van der Waals surface area contributed by atoms with Crippen molar-refractivity contribution >= 4 is 22.6 Å². The molecule has 5 heteroatoms. The molecule has 0 atom stereocenters. The zero-order valence-corrected chi connectivity index (χ0v) is 13.2. The first-order valence-corrected chi connectivity index (χ1v) is 7.08. The van der Waals surface area contributed by atoms with E-state index in [1.807, 2.05) is 34.7 Å². The number of aromatic nitrogens is 2. The Kier molecular flexibility index (Phi) is 4.24. The maximum absolute atomic E-state index is 11.5. The molecule has 19 heavy (non-hydrogen) atoms. The Labute approximate surface area is 125 Å². The minimum absolute atomic E-state index is 0.193. The van der Waals surface area contributed by atoms with Gasteiger partial charge in [0, 0.05) is 0 Å². The molecule has 2 aromatic rings. The highest BCUT2D eigenvalue weighted by molar-refractivity contribution is 14.1. The fourth-order valence-corrected chi connectivity index (χ4v) is 2.31. The van der Waals surface area contributed by atoms with Gasteiger partial charge in [-0.3, -0.25) is 4.79 Å². The summed E-state index contributed by atoms with van der Waals surface area (Å²) < 4.78 is 6.12. The number of nitrogens with one attached hydrogen (secondary N) is 1. The van der Waals surface area contributed by atoms with Crippen LogP contribution in [-0.2, 0) is 0 Å². The Morgan fingerprint density at radius 3 is 2.74 bits per heavy atom. The third-order valence-electron chi connectivity index (χ3n) is 2.84. The minimum Gasteiger partial charge on any atom is -0.438 e. The maximum Gasteiger partial charge on any atom is 0.268 e. The number of nitrogens with zero attached hydrogens (tertiary/aromatic N) is 1. The molecule has 0 unspecified atom stereocenters. The van der Waals surface area contributed by atoms with E-state index in [9.17, 15) is 4.79 Å². The van der Waals surface area contributed by atoms with E-state index in [4.69, 9.17) is 4.74 Å². The summed E-state index contributed by atoms with van der Waals surface area (Å²) in [6.45, 7) is 6.37. The Balaban J connectivity index is 2.32. The largest absolute Gasteiger partial charge is 0.438 e. The predicted molar refractivity (Wildman–Crippen MR) is 82.9 cm³/mol. The van der Waals surface area contributed by atoms with Crippen LogP contribution in [0.5, 0.6) is 11.6 Å². The fourth-order valence-electron chi connectivity index (χ4n) is 1.91. The number of ether oxygens (including phenoxy) is 1. The molecule has 0 amide bonds. The van der Waals surface area contributed by atoms with E-state index in [-0.39, 0.29) is 5.56 Å². The molecule has 0 spiro atoms. The summed E-state index contributed by atoms with van der Waals surface area (Å²) in [5, 5.41) is 0. The van der Waals surface area contributed by atoms with Gasteiger partial charge in [-0.1, -0.05) is 19.9 Å². The second-order valence-electron chi connectivity index (χ2n) is 4.63. The molecule has 0 bridgehead atoms. The number of H-pyrrole nitrogens is 1. The van der Waals surface area contributed by atoms with Crippen LogP contribution in [0.1, 0.15) is 30.9 Å². The van der Waals surface area contributed by atoms with Crippen molar-refractivity contribution in [1.82, 2.24) is 9.97 Å². The van der Waals surface area contributed by atoms with Gasteiger partial charge in [-0.25, -0.2) is 4.98 Å². The molecule has 0 fully saturated rings. The molecule has 1 aromatic heterocycles. The van der Waals surface area contributed by atoms with Gasteiger partial charge in [0.05, 0.1) is 6.33 Å². The summed E-state index contributed by atoms with van der Waals surface area (Å²) in [5.41, 5.74) is 2.27. The summed E-state index contributed by atoms with van der Waals surface area (Å²) >= 11 is 1.93. The van der Waals surface area contributed by atoms with E-state index >= 15 is 0 Å². The zero-order valence-electron chi connectivity index (χ0n) is 11.0. The van der Waals surface area contributed by atoms with Crippen molar-refractivity contribution in [3.05, 3.63) is 49.6 Å². The summed E-state index contributed by atoms with van der Waals surface area (Å²) in [6, 6.07) is 5.92. The lowest BCUT2D eigenvalue weighted by atomic mass is 9.98. The van der Waals surface area contributed by atoms with Crippen LogP contribution in [-0.4, -0.2) is 9.97 Å². The maximum atomic E-state index is 11.5. The van der Waals surface area contributed by atoms with Crippen molar-refractivity contribution in [2.24, 2.45) is 0 Å². The van der Waals surface area contributed by atoms with Crippen LogP contribution in [0.4, 0.5) is 0 Å². The van der Waals surface area contributed by atoms with E-state index in [0.717, 1.165) is 0 Å². The van der Waals surface area contributed by atoms with Gasteiger partial charge >= 0.3 is 0 Å². The Hall–Kier alpha value is -1.37. The van der Waals surface area contributed by atoms with E-state index in [2.05, 4.69) is 36.8 Å². The van der Waals surface area contributed by atoms with Crippen molar-refractivity contribution in [2.75, 3.05) is 0 Å². The zero-order chi connectivity index (χ0) is 14.0. The normalized spacial score (nSPS) is 10.8. The van der Waals surface area contributed by atoms with Crippen LogP contribution in [0.2, 0.25) is 0 Å². The van der Waals surface area contributed by atoms with Crippen LogP contribution in [0.15, 0.2) is 29.3 Å². The molecular formula is C14H15IN2O2. The van der Waals surface area contributed by atoms with Crippen molar-refractivity contribution in [3.8, 4) is 11.6 Å². The first-order chi connectivity index (χ1) is 8.99.